The van der Waals surface area contributed by atoms with Crippen LogP contribution in [0.15, 0.2) is 59.8 Å². The summed E-state index contributed by atoms with van der Waals surface area (Å²) in [5.74, 6) is 0.860. The van der Waals surface area contributed by atoms with Gasteiger partial charge in [-0.25, -0.2) is 0 Å². The molecule has 2 heterocycles. The Hall–Kier alpha value is -2.31. The molecule has 0 aliphatic carbocycles. The Morgan fingerprint density at radius 3 is 2.56 bits per heavy atom. The first-order chi connectivity index (χ1) is 13.1. The highest BCUT2D eigenvalue weighted by atomic mass is 35.5. The lowest BCUT2D eigenvalue weighted by Crippen LogP contribution is -2.24. The number of hydrogen-bond acceptors (Lipinski definition) is 4. The first-order valence-corrected chi connectivity index (χ1v) is 10.0. The van der Waals surface area contributed by atoms with E-state index in [2.05, 4.69) is 22.3 Å². The molecule has 1 atom stereocenters. The third-order valence-electron chi connectivity index (χ3n) is 4.64. The van der Waals surface area contributed by atoms with Crippen LogP contribution in [0.4, 0.5) is 0 Å². The number of benzene rings is 2. The van der Waals surface area contributed by atoms with Gasteiger partial charge < -0.3 is 4.90 Å². The number of thioether (sulfide) groups is 1. The number of halogens is 1. The largest absolute Gasteiger partial charge is 0.345 e. The van der Waals surface area contributed by atoms with Crippen LogP contribution in [0.5, 0.6) is 0 Å². The molecule has 0 spiro atoms. The van der Waals surface area contributed by atoms with E-state index in [0.29, 0.717) is 17.4 Å². The van der Waals surface area contributed by atoms with Crippen molar-refractivity contribution in [3.63, 3.8) is 0 Å². The van der Waals surface area contributed by atoms with E-state index in [9.17, 15) is 4.79 Å². The van der Waals surface area contributed by atoms with Gasteiger partial charge >= 0.3 is 0 Å². The van der Waals surface area contributed by atoms with Crippen LogP contribution < -0.4 is 0 Å². The minimum absolute atomic E-state index is 0.118. The zero-order valence-electron chi connectivity index (χ0n) is 14.9. The average Bonchev–Trinajstić information content (AvgIpc) is 3.21. The Kier molecular flexibility index (Phi) is 5.18. The maximum Gasteiger partial charge on any atom is 0.235 e. The van der Waals surface area contributed by atoms with E-state index in [1.807, 2.05) is 54.1 Å². The molecule has 1 fully saturated rings. The highest BCUT2D eigenvalue weighted by molar-refractivity contribution is 8.00. The van der Waals surface area contributed by atoms with E-state index in [4.69, 9.17) is 11.6 Å². The quantitative estimate of drug-likeness (QED) is 0.652. The van der Waals surface area contributed by atoms with Crippen LogP contribution in [0.25, 0.3) is 11.4 Å². The predicted molar refractivity (Wildman–Crippen MR) is 108 cm³/mol. The molecule has 4 rings (SSSR count). The lowest BCUT2D eigenvalue weighted by atomic mass is 10.2. The molecule has 5 nitrogen and oxygen atoms in total. The fourth-order valence-corrected chi connectivity index (χ4v) is 4.50. The molecule has 0 N–H and O–H groups in total. The summed E-state index contributed by atoms with van der Waals surface area (Å²) >= 11 is 7.89. The monoisotopic (exact) mass is 398 g/mol. The molecule has 1 aliphatic rings. The number of aromatic nitrogens is 3. The van der Waals surface area contributed by atoms with Crippen LogP contribution in [0.2, 0.25) is 5.02 Å². The maximum atomic E-state index is 12.3. The summed E-state index contributed by atoms with van der Waals surface area (Å²) in [6.07, 6.45) is 0.819. The summed E-state index contributed by atoms with van der Waals surface area (Å²) < 4.78 is 2.05. The second kappa shape index (κ2) is 7.74. The van der Waals surface area contributed by atoms with Gasteiger partial charge in [-0.3, -0.25) is 9.36 Å². The van der Waals surface area contributed by atoms with Gasteiger partial charge in [0.1, 0.15) is 0 Å². The number of carbonyl (C=O) groups excluding carboxylic acids is 1. The van der Waals surface area contributed by atoms with Gasteiger partial charge in [0, 0.05) is 19.2 Å². The lowest BCUT2D eigenvalue weighted by molar-refractivity contribution is -0.126. The first-order valence-electron chi connectivity index (χ1n) is 8.77. The molecule has 3 aromatic rings. The van der Waals surface area contributed by atoms with Crippen molar-refractivity contribution in [3.8, 4) is 11.4 Å². The van der Waals surface area contributed by atoms with E-state index >= 15 is 0 Å². The van der Waals surface area contributed by atoms with Gasteiger partial charge in [-0.15, -0.1) is 10.2 Å². The van der Waals surface area contributed by atoms with Crippen molar-refractivity contribution in [2.24, 2.45) is 0 Å². The third kappa shape index (κ3) is 3.73. The van der Waals surface area contributed by atoms with E-state index in [1.165, 1.54) is 11.8 Å². The van der Waals surface area contributed by atoms with E-state index in [-0.39, 0.29) is 11.2 Å². The van der Waals surface area contributed by atoms with Crippen molar-refractivity contribution >= 4 is 29.3 Å². The molecule has 1 saturated heterocycles. The van der Waals surface area contributed by atoms with Crippen molar-refractivity contribution in [1.82, 2.24) is 19.7 Å². The molecule has 138 valence electrons. The molecule has 1 unspecified atom stereocenters. The zero-order chi connectivity index (χ0) is 18.8. The average molecular weight is 399 g/mol. The van der Waals surface area contributed by atoms with Gasteiger partial charge in [-0.05, 0) is 24.1 Å². The second-order valence-electron chi connectivity index (χ2n) is 6.51. The number of hydrogen-bond donors (Lipinski definition) is 0. The summed E-state index contributed by atoms with van der Waals surface area (Å²) in [7, 11) is 1.84. The Balaban J connectivity index is 1.73. The molecule has 0 bridgehead atoms. The topological polar surface area (TPSA) is 51.0 Å². The number of carbonyl (C=O) groups is 1. The fraction of sp³-hybridized carbons (Fsp3) is 0.250. The lowest BCUT2D eigenvalue weighted by Gasteiger charge is -2.13. The van der Waals surface area contributed by atoms with Crippen LogP contribution in [0.1, 0.15) is 12.0 Å². The van der Waals surface area contributed by atoms with E-state index in [0.717, 1.165) is 29.2 Å². The first kappa shape index (κ1) is 18.1. The molecule has 2 aromatic carbocycles. The number of nitrogens with zero attached hydrogens (tertiary/aromatic N) is 4. The van der Waals surface area contributed by atoms with Crippen molar-refractivity contribution in [2.45, 2.75) is 23.4 Å². The zero-order valence-corrected chi connectivity index (χ0v) is 16.5. The minimum Gasteiger partial charge on any atom is -0.345 e. The molecule has 1 amide bonds. The molecule has 1 aromatic heterocycles. The summed E-state index contributed by atoms with van der Waals surface area (Å²) in [6, 6.07) is 17.8. The minimum atomic E-state index is -0.118. The van der Waals surface area contributed by atoms with Gasteiger partial charge in [0.15, 0.2) is 11.0 Å². The smallest absolute Gasteiger partial charge is 0.235 e. The highest BCUT2D eigenvalue weighted by Gasteiger charge is 2.32. The number of rotatable bonds is 5. The van der Waals surface area contributed by atoms with E-state index < -0.39 is 0 Å². The summed E-state index contributed by atoms with van der Waals surface area (Å²) in [6.45, 7) is 1.40. The van der Waals surface area contributed by atoms with Crippen LogP contribution in [-0.2, 0) is 11.3 Å². The summed E-state index contributed by atoms with van der Waals surface area (Å²) in [5.41, 5.74) is 1.98. The summed E-state index contributed by atoms with van der Waals surface area (Å²) in [4.78, 5) is 14.1. The molecule has 1 aliphatic heterocycles. The predicted octanol–water partition coefficient (Wildman–Crippen LogP) is 3.97. The van der Waals surface area contributed by atoms with Crippen molar-refractivity contribution in [3.05, 3.63) is 65.2 Å². The van der Waals surface area contributed by atoms with Crippen molar-refractivity contribution in [1.29, 1.82) is 0 Å². The number of likely N-dealkylation sites (tertiary alicyclic amines) is 1. The molecule has 0 radical (unpaired) electrons. The van der Waals surface area contributed by atoms with Crippen LogP contribution in [-0.4, -0.2) is 44.4 Å². The Bertz CT molecular complexity index is 960. The molecule has 27 heavy (non-hydrogen) atoms. The Morgan fingerprint density at radius 1 is 1.11 bits per heavy atom. The second-order valence-corrected chi connectivity index (χ2v) is 8.09. The fourth-order valence-electron chi connectivity index (χ4n) is 3.15. The third-order valence-corrected chi connectivity index (χ3v) is 6.21. The van der Waals surface area contributed by atoms with Crippen LogP contribution in [0, 0.1) is 0 Å². The van der Waals surface area contributed by atoms with Gasteiger partial charge in [0.05, 0.1) is 16.8 Å². The normalized spacial score (nSPS) is 16.9. The molecular formula is C20H19ClN4OS. The molecule has 7 heteroatoms. The molecule has 0 saturated carbocycles. The van der Waals surface area contributed by atoms with Crippen molar-refractivity contribution in [2.75, 3.05) is 13.6 Å². The number of amides is 1. The highest BCUT2D eigenvalue weighted by Crippen LogP contribution is 2.34. The van der Waals surface area contributed by atoms with Gasteiger partial charge in [0.2, 0.25) is 5.91 Å². The SMILES string of the molecule is CN1CCC(Sc2nnc(-c3ccccc3Cl)n2Cc2ccccc2)C1=O. The Labute approximate surface area is 167 Å². The van der Waals surface area contributed by atoms with Gasteiger partial charge in [-0.1, -0.05) is 65.8 Å². The van der Waals surface area contributed by atoms with Crippen molar-refractivity contribution < 1.29 is 4.79 Å². The van der Waals surface area contributed by atoms with Gasteiger partial charge in [-0.2, -0.15) is 0 Å². The Morgan fingerprint density at radius 2 is 1.85 bits per heavy atom. The van der Waals surface area contributed by atoms with Gasteiger partial charge in [0.25, 0.3) is 0 Å². The van der Waals surface area contributed by atoms with Crippen LogP contribution >= 0.6 is 23.4 Å². The van der Waals surface area contributed by atoms with E-state index in [1.54, 1.807) is 4.90 Å². The summed E-state index contributed by atoms with van der Waals surface area (Å²) in [5, 5.41) is 10.1. The molecular weight excluding hydrogens is 380 g/mol. The van der Waals surface area contributed by atoms with Crippen LogP contribution in [0.3, 0.4) is 0 Å². The standard InChI is InChI=1S/C20H19ClN4OS/c1-24-12-11-17(19(24)26)27-20-23-22-18(15-9-5-6-10-16(15)21)25(20)13-14-7-3-2-4-8-14/h2-10,17H,11-13H2,1H3. The maximum absolute atomic E-state index is 12.3.